The zero-order chi connectivity index (χ0) is 20.4. The maximum atomic E-state index is 13.3. The molecule has 150 valence electrons. The largest absolute Gasteiger partial charge is 0.204 e. The Balaban J connectivity index is 1.42. The summed E-state index contributed by atoms with van der Waals surface area (Å²) in [6.45, 7) is 3.97. The van der Waals surface area contributed by atoms with Crippen LogP contribution in [0.4, 0.5) is 13.2 Å². The van der Waals surface area contributed by atoms with E-state index in [2.05, 4.69) is 36.6 Å². The molecule has 0 saturated heterocycles. The molecule has 3 heteroatoms. The van der Waals surface area contributed by atoms with Crippen molar-refractivity contribution in [2.75, 3.05) is 0 Å². The van der Waals surface area contributed by atoms with Crippen LogP contribution in [-0.4, -0.2) is 0 Å². The summed E-state index contributed by atoms with van der Waals surface area (Å²) in [5.41, 5.74) is 2.25. The lowest BCUT2D eigenvalue weighted by molar-refractivity contribution is 0.133. The molecule has 2 aromatic rings. The molecule has 4 atom stereocenters. The monoisotopic (exact) mass is 394 g/mol. The first-order chi connectivity index (χ1) is 14.0. The molecule has 0 nitrogen and oxygen atoms in total. The summed E-state index contributed by atoms with van der Waals surface area (Å²) in [5.74, 6) is 4.69. The predicted octanol–water partition coefficient (Wildman–Crippen LogP) is 6.99. The Morgan fingerprint density at radius 1 is 0.793 bits per heavy atom. The molecule has 2 saturated carbocycles. The number of halogens is 3. The van der Waals surface area contributed by atoms with Gasteiger partial charge in [0.15, 0.2) is 17.5 Å². The van der Waals surface area contributed by atoms with E-state index < -0.39 is 17.5 Å². The number of benzene rings is 2. The number of hydrogen-bond donors (Lipinski definition) is 0. The van der Waals surface area contributed by atoms with E-state index in [1.54, 1.807) is 0 Å². The Hall–Kier alpha value is -2.47. The molecule has 4 unspecified atom stereocenters. The third kappa shape index (κ3) is 4.42. The van der Waals surface area contributed by atoms with Crippen molar-refractivity contribution in [3.8, 4) is 11.8 Å². The van der Waals surface area contributed by atoms with Crippen molar-refractivity contribution in [2.24, 2.45) is 17.8 Å². The summed E-state index contributed by atoms with van der Waals surface area (Å²) < 4.78 is 39.6. The molecule has 2 fully saturated rings. The second-order valence-electron chi connectivity index (χ2n) is 8.46. The van der Waals surface area contributed by atoms with Gasteiger partial charge in [-0.15, -0.1) is 6.58 Å². The Morgan fingerprint density at radius 3 is 2.10 bits per heavy atom. The van der Waals surface area contributed by atoms with Crippen LogP contribution in [0.5, 0.6) is 0 Å². The number of rotatable bonds is 2. The van der Waals surface area contributed by atoms with Crippen molar-refractivity contribution < 1.29 is 13.2 Å². The lowest BCUT2D eigenvalue weighted by atomic mass is 9.64. The van der Waals surface area contributed by atoms with Crippen LogP contribution in [0, 0.1) is 47.0 Å². The normalized spacial score (nSPS) is 26.2. The topological polar surface area (TPSA) is 0 Å². The summed E-state index contributed by atoms with van der Waals surface area (Å²) in [7, 11) is 0. The molecule has 4 rings (SSSR count). The van der Waals surface area contributed by atoms with E-state index in [1.165, 1.54) is 44.1 Å². The molecule has 0 aliphatic heterocycles. The highest BCUT2D eigenvalue weighted by atomic mass is 19.2. The van der Waals surface area contributed by atoms with Gasteiger partial charge in [-0.05, 0) is 92.0 Å². The molecular formula is C26H25F3. The van der Waals surface area contributed by atoms with Crippen LogP contribution >= 0.6 is 0 Å². The van der Waals surface area contributed by atoms with Gasteiger partial charge in [-0.25, -0.2) is 13.2 Å². The molecule has 0 radical (unpaired) electrons. The second-order valence-corrected chi connectivity index (χ2v) is 8.46. The Labute approximate surface area is 170 Å². The minimum absolute atomic E-state index is 0.124. The minimum atomic E-state index is -1.47. The van der Waals surface area contributed by atoms with Crippen molar-refractivity contribution in [1.29, 1.82) is 0 Å². The van der Waals surface area contributed by atoms with Crippen LogP contribution in [0.2, 0.25) is 0 Å². The van der Waals surface area contributed by atoms with E-state index in [-0.39, 0.29) is 5.56 Å². The molecule has 29 heavy (non-hydrogen) atoms. The average molecular weight is 394 g/mol. The van der Waals surface area contributed by atoms with Gasteiger partial charge in [-0.2, -0.15) is 0 Å². The third-order valence-corrected chi connectivity index (χ3v) is 6.70. The summed E-state index contributed by atoms with van der Waals surface area (Å²) in [6, 6.07) is 9.99. The molecule has 2 aliphatic carbocycles. The van der Waals surface area contributed by atoms with Crippen LogP contribution in [-0.2, 0) is 0 Å². The standard InChI is InChI=1S/C26H25F3/c1-2-17-5-10-23-16-22(12-11-21(23)13-17)20-8-6-18(7-9-20)3-4-19-14-24(27)26(29)25(28)15-19/h2,6-9,14-15,17,21-23H,1,5,10-13,16H2. The van der Waals surface area contributed by atoms with Crippen molar-refractivity contribution in [2.45, 2.75) is 44.4 Å². The van der Waals surface area contributed by atoms with Crippen molar-refractivity contribution in [3.05, 3.63) is 83.2 Å². The molecule has 0 N–H and O–H groups in total. The Bertz CT molecular complexity index is 925. The van der Waals surface area contributed by atoms with Gasteiger partial charge >= 0.3 is 0 Å². The molecule has 2 aliphatic rings. The first kappa shape index (κ1) is 19.8. The van der Waals surface area contributed by atoms with Gasteiger partial charge in [0.25, 0.3) is 0 Å². The SMILES string of the molecule is C=CC1CCC2CC(c3ccc(C#Cc4cc(F)c(F)c(F)c4)cc3)CCC2C1. The van der Waals surface area contributed by atoms with Gasteiger partial charge in [0.2, 0.25) is 0 Å². The number of allylic oxidation sites excluding steroid dienone is 1. The van der Waals surface area contributed by atoms with Crippen LogP contribution in [0.3, 0.4) is 0 Å². The second kappa shape index (κ2) is 8.49. The fraction of sp³-hybridized carbons (Fsp3) is 0.385. The van der Waals surface area contributed by atoms with Gasteiger partial charge in [-0.1, -0.05) is 30.0 Å². The highest BCUT2D eigenvalue weighted by molar-refractivity contribution is 5.44. The Kier molecular flexibility index (Phi) is 5.81. The molecule has 0 aromatic heterocycles. The first-order valence-electron chi connectivity index (χ1n) is 10.4. The first-order valence-corrected chi connectivity index (χ1v) is 10.4. The third-order valence-electron chi connectivity index (χ3n) is 6.70. The van der Waals surface area contributed by atoms with E-state index in [0.29, 0.717) is 11.8 Å². The lowest BCUT2D eigenvalue weighted by Gasteiger charge is -2.41. The van der Waals surface area contributed by atoms with Crippen LogP contribution < -0.4 is 0 Å². The van der Waals surface area contributed by atoms with E-state index in [1.807, 2.05) is 12.1 Å². The summed E-state index contributed by atoms with van der Waals surface area (Å²) in [6.07, 6.45) is 9.81. The number of hydrogen-bond acceptors (Lipinski definition) is 0. The molecular weight excluding hydrogens is 369 g/mol. The smallest absolute Gasteiger partial charge is 0.194 e. The molecule has 0 bridgehead atoms. The van der Waals surface area contributed by atoms with Crippen LogP contribution in [0.25, 0.3) is 0 Å². The minimum Gasteiger partial charge on any atom is -0.204 e. The fourth-order valence-corrected chi connectivity index (χ4v) is 5.05. The number of fused-ring (bicyclic) bond motifs is 1. The molecule has 0 spiro atoms. The summed E-state index contributed by atoms with van der Waals surface area (Å²) in [4.78, 5) is 0. The van der Waals surface area contributed by atoms with Crippen LogP contribution in [0.15, 0.2) is 49.1 Å². The average Bonchev–Trinajstić information content (AvgIpc) is 2.75. The predicted molar refractivity (Wildman–Crippen MR) is 110 cm³/mol. The van der Waals surface area contributed by atoms with Crippen molar-refractivity contribution in [1.82, 2.24) is 0 Å². The van der Waals surface area contributed by atoms with Crippen LogP contribution in [0.1, 0.15) is 61.1 Å². The van der Waals surface area contributed by atoms with Gasteiger partial charge in [0.1, 0.15) is 0 Å². The summed E-state index contributed by atoms with van der Waals surface area (Å²) in [5, 5.41) is 0. The highest BCUT2D eigenvalue weighted by Crippen LogP contribution is 2.47. The van der Waals surface area contributed by atoms with E-state index in [0.717, 1.165) is 29.5 Å². The maximum Gasteiger partial charge on any atom is 0.194 e. The molecule has 0 heterocycles. The quantitative estimate of drug-likeness (QED) is 0.292. The van der Waals surface area contributed by atoms with Gasteiger partial charge in [-0.3, -0.25) is 0 Å². The molecule has 0 amide bonds. The van der Waals surface area contributed by atoms with E-state index in [9.17, 15) is 13.2 Å². The van der Waals surface area contributed by atoms with Gasteiger partial charge in [0.05, 0.1) is 0 Å². The van der Waals surface area contributed by atoms with Gasteiger partial charge in [0, 0.05) is 11.1 Å². The fourth-order valence-electron chi connectivity index (χ4n) is 5.05. The maximum absolute atomic E-state index is 13.3. The molecule has 2 aromatic carbocycles. The lowest BCUT2D eigenvalue weighted by Crippen LogP contribution is -2.29. The zero-order valence-electron chi connectivity index (χ0n) is 16.4. The Morgan fingerprint density at radius 2 is 1.41 bits per heavy atom. The van der Waals surface area contributed by atoms with Crippen molar-refractivity contribution in [3.63, 3.8) is 0 Å². The zero-order valence-corrected chi connectivity index (χ0v) is 16.4. The van der Waals surface area contributed by atoms with E-state index >= 15 is 0 Å². The van der Waals surface area contributed by atoms with Crippen molar-refractivity contribution >= 4 is 0 Å². The highest BCUT2D eigenvalue weighted by Gasteiger charge is 2.35. The van der Waals surface area contributed by atoms with E-state index in [4.69, 9.17) is 0 Å². The summed E-state index contributed by atoms with van der Waals surface area (Å²) >= 11 is 0. The van der Waals surface area contributed by atoms with Gasteiger partial charge < -0.3 is 0 Å².